The molecule has 21 heavy (non-hydrogen) atoms. The second kappa shape index (κ2) is 7.69. The minimum Gasteiger partial charge on any atom is -0.382 e. The maximum absolute atomic E-state index is 11.6. The maximum Gasteiger partial charge on any atom is 0.254 e. The molecule has 0 aliphatic heterocycles. The first-order valence-electron chi connectivity index (χ1n) is 7.04. The van der Waals surface area contributed by atoms with Crippen LogP contribution in [0.4, 0.5) is 5.69 Å². The molecule has 0 aliphatic carbocycles. The summed E-state index contributed by atoms with van der Waals surface area (Å²) in [4.78, 5) is 11.6. The minimum absolute atomic E-state index is 0.343. The van der Waals surface area contributed by atoms with E-state index in [4.69, 9.17) is 10.5 Å². The molecule has 1 aromatic heterocycles. The van der Waals surface area contributed by atoms with E-state index in [0.29, 0.717) is 19.0 Å². The highest BCUT2D eigenvalue weighted by Crippen LogP contribution is 2.09. The summed E-state index contributed by atoms with van der Waals surface area (Å²) in [5, 5.41) is 16.2. The van der Waals surface area contributed by atoms with Gasteiger partial charge in [-0.2, -0.15) is 5.10 Å². The first-order valence-corrected chi connectivity index (χ1v) is 10.7. The molecular weight excluding hydrogens is 288 g/mol. The van der Waals surface area contributed by atoms with Crippen LogP contribution in [0.25, 0.3) is 0 Å². The number of amides is 1. The largest absolute Gasteiger partial charge is 0.382 e. The van der Waals surface area contributed by atoms with Crippen LogP contribution in [0.1, 0.15) is 6.92 Å². The molecule has 1 rings (SSSR count). The third-order valence-electron chi connectivity index (χ3n) is 2.89. The van der Waals surface area contributed by atoms with Crippen molar-refractivity contribution >= 4 is 19.7 Å². The van der Waals surface area contributed by atoms with Crippen LogP contribution in [0.2, 0.25) is 25.7 Å². The molecule has 1 amide bonds. The molecule has 0 radical (unpaired) electrons. The van der Waals surface area contributed by atoms with Gasteiger partial charge in [-0.1, -0.05) is 19.6 Å². The molecule has 1 aromatic rings. The zero-order valence-electron chi connectivity index (χ0n) is 13.2. The predicted octanol–water partition coefficient (Wildman–Crippen LogP) is 0.842. The Labute approximate surface area is 126 Å². The number of ether oxygens (including phenoxy) is 1. The van der Waals surface area contributed by atoms with Crippen molar-refractivity contribution in [1.82, 2.24) is 9.78 Å². The zero-order valence-corrected chi connectivity index (χ0v) is 14.2. The van der Waals surface area contributed by atoms with Gasteiger partial charge in [0.05, 0.1) is 18.1 Å². The van der Waals surface area contributed by atoms with Crippen molar-refractivity contribution in [3.8, 4) is 0 Å². The van der Waals surface area contributed by atoms with Crippen LogP contribution < -0.4 is 11.1 Å². The number of aromatic nitrogens is 2. The van der Waals surface area contributed by atoms with Crippen LogP contribution in [-0.4, -0.2) is 47.6 Å². The zero-order chi connectivity index (χ0) is 16.0. The molecule has 1 heterocycles. The van der Waals surface area contributed by atoms with Crippen molar-refractivity contribution in [2.24, 2.45) is 5.73 Å². The van der Waals surface area contributed by atoms with Crippen molar-refractivity contribution in [1.29, 1.82) is 0 Å². The first kappa shape index (κ1) is 17.8. The van der Waals surface area contributed by atoms with E-state index in [2.05, 4.69) is 30.1 Å². The highest BCUT2D eigenvalue weighted by Gasteiger charge is 2.19. The number of nitrogens with zero attached hydrogens (tertiary/aromatic N) is 2. The molecule has 2 atom stereocenters. The molecule has 1 unspecified atom stereocenters. The van der Waals surface area contributed by atoms with Crippen LogP contribution >= 0.6 is 0 Å². The smallest absolute Gasteiger partial charge is 0.254 e. The van der Waals surface area contributed by atoms with Gasteiger partial charge in [-0.05, 0) is 13.0 Å². The van der Waals surface area contributed by atoms with Gasteiger partial charge in [0, 0.05) is 20.7 Å². The van der Waals surface area contributed by atoms with Crippen LogP contribution in [0.15, 0.2) is 12.4 Å². The molecule has 120 valence electrons. The molecule has 0 bridgehead atoms. The highest BCUT2D eigenvalue weighted by atomic mass is 28.3. The fourth-order valence-corrected chi connectivity index (χ4v) is 2.25. The van der Waals surface area contributed by atoms with E-state index in [1.807, 2.05) is 0 Å². The highest BCUT2D eigenvalue weighted by molar-refractivity contribution is 6.76. The number of aliphatic hydroxyl groups excluding tert-OH is 1. The van der Waals surface area contributed by atoms with Crippen molar-refractivity contribution in [2.45, 2.75) is 51.5 Å². The summed E-state index contributed by atoms with van der Waals surface area (Å²) >= 11 is 0. The van der Waals surface area contributed by atoms with Gasteiger partial charge >= 0.3 is 0 Å². The number of hydrogen-bond acceptors (Lipinski definition) is 5. The fraction of sp³-hybridized carbons (Fsp3) is 0.692. The summed E-state index contributed by atoms with van der Waals surface area (Å²) in [6, 6.07) is 0.475. The monoisotopic (exact) mass is 314 g/mol. The number of anilines is 1. The Morgan fingerprint density at radius 2 is 2.24 bits per heavy atom. The number of aliphatic hydroxyl groups is 1. The lowest BCUT2D eigenvalue weighted by atomic mass is 10.2. The maximum atomic E-state index is 11.6. The lowest BCUT2D eigenvalue weighted by molar-refractivity contribution is -0.124. The third kappa shape index (κ3) is 6.85. The third-order valence-corrected chi connectivity index (χ3v) is 4.59. The van der Waals surface area contributed by atoms with E-state index in [-0.39, 0.29) is 0 Å². The minimum atomic E-state index is -1.23. The molecule has 0 spiro atoms. The Balaban J connectivity index is 2.38. The Bertz CT molecular complexity index is 457. The molecule has 0 saturated carbocycles. The van der Waals surface area contributed by atoms with E-state index in [1.165, 1.54) is 6.20 Å². The van der Waals surface area contributed by atoms with Crippen molar-refractivity contribution in [3.05, 3.63) is 12.4 Å². The number of carbonyl (C=O) groups is 1. The van der Waals surface area contributed by atoms with Gasteiger partial charge in [-0.3, -0.25) is 4.79 Å². The lowest BCUT2D eigenvalue weighted by Gasteiger charge is -2.15. The lowest BCUT2D eigenvalue weighted by Crippen LogP contribution is -2.41. The summed E-state index contributed by atoms with van der Waals surface area (Å²) in [5.74, 6) is -0.538. The van der Waals surface area contributed by atoms with Gasteiger partial charge in [0.25, 0.3) is 5.91 Å². The quantitative estimate of drug-likeness (QED) is 0.487. The van der Waals surface area contributed by atoms with Crippen molar-refractivity contribution in [3.63, 3.8) is 0 Å². The van der Waals surface area contributed by atoms with E-state index in [0.717, 1.165) is 6.04 Å². The Hall–Kier alpha value is -1.22. The van der Waals surface area contributed by atoms with Gasteiger partial charge in [0.15, 0.2) is 0 Å². The van der Waals surface area contributed by atoms with E-state index >= 15 is 0 Å². The van der Waals surface area contributed by atoms with Crippen molar-refractivity contribution < 1.29 is 14.6 Å². The van der Waals surface area contributed by atoms with Gasteiger partial charge in [0.1, 0.15) is 12.8 Å². The molecule has 8 heteroatoms. The second-order valence-electron chi connectivity index (χ2n) is 6.41. The number of nitrogens with one attached hydrogen (secondary N) is 1. The molecule has 0 saturated heterocycles. The predicted molar refractivity (Wildman–Crippen MR) is 84.6 cm³/mol. The molecule has 4 N–H and O–H groups in total. The van der Waals surface area contributed by atoms with Crippen molar-refractivity contribution in [2.75, 3.05) is 11.9 Å². The summed E-state index contributed by atoms with van der Waals surface area (Å²) in [7, 11) is -1.09. The van der Waals surface area contributed by atoms with Gasteiger partial charge in [-0.15, -0.1) is 0 Å². The number of rotatable bonds is 8. The normalized spacial score (nSPS) is 14.8. The molecule has 0 aliphatic rings. The van der Waals surface area contributed by atoms with Gasteiger partial charge in [-0.25, -0.2) is 4.68 Å². The summed E-state index contributed by atoms with van der Waals surface area (Å²) in [6.45, 7) is 9.50. The standard InChI is InChI=1S/C13H26N4O3Si/c1-10(14)12(18)13(19)16-11-7-15-17(8-11)9-20-5-6-21(2,3)4/h7-8,10,12,18H,5-6,9,14H2,1-4H3,(H,16,19)/t10-,12?/m0/s1. The Morgan fingerprint density at radius 1 is 1.57 bits per heavy atom. The van der Waals surface area contributed by atoms with Crippen LogP contribution in [0.5, 0.6) is 0 Å². The van der Waals surface area contributed by atoms with E-state index in [1.54, 1.807) is 17.8 Å². The van der Waals surface area contributed by atoms with Crippen LogP contribution in [0.3, 0.4) is 0 Å². The Kier molecular flexibility index (Phi) is 6.53. The number of nitrogens with two attached hydrogens (primary N) is 1. The topological polar surface area (TPSA) is 102 Å². The first-order chi connectivity index (χ1) is 9.69. The van der Waals surface area contributed by atoms with E-state index < -0.39 is 26.1 Å². The second-order valence-corrected chi connectivity index (χ2v) is 12.0. The average Bonchev–Trinajstić information content (AvgIpc) is 2.80. The summed E-state index contributed by atoms with van der Waals surface area (Å²) in [6.07, 6.45) is 1.93. The van der Waals surface area contributed by atoms with E-state index in [9.17, 15) is 9.90 Å². The Morgan fingerprint density at radius 3 is 2.81 bits per heavy atom. The van der Waals surface area contributed by atoms with Crippen LogP contribution in [0, 0.1) is 0 Å². The molecule has 0 fully saturated rings. The number of hydrogen-bond donors (Lipinski definition) is 3. The molecular formula is C13H26N4O3Si. The van der Waals surface area contributed by atoms with Gasteiger partial charge < -0.3 is 20.9 Å². The summed E-state index contributed by atoms with van der Waals surface area (Å²) < 4.78 is 7.15. The number of carbonyl (C=O) groups excluding carboxylic acids is 1. The summed E-state index contributed by atoms with van der Waals surface area (Å²) in [5.41, 5.74) is 5.97. The van der Waals surface area contributed by atoms with Crippen LogP contribution in [-0.2, 0) is 16.3 Å². The molecule has 7 nitrogen and oxygen atoms in total. The SMILES string of the molecule is C[C@H](N)C(O)C(=O)Nc1cnn(COCC[Si](C)(C)C)c1. The fourth-order valence-electron chi connectivity index (χ4n) is 1.49. The van der Waals surface area contributed by atoms with Gasteiger partial charge in [0.2, 0.25) is 0 Å². The molecule has 0 aromatic carbocycles. The average molecular weight is 314 g/mol.